The lowest BCUT2D eigenvalue weighted by Crippen LogP contribution is -2.08. The maximum Gasteiger partial charge on any atom is 0.260 e. The monoisotopic (exact) mass is 349 g/mol. The van der Waals surface area contributed by atoms with Gasteiger partial charge < -0.3 is 15.2 Å². The molecule has 124 valence electrons. The number of fused-ring (bicyclic) bond motifs is 1. The number of aromatic amines is 1. The van der Waals surface area contributed by atoms with Crippen LogP contribution in [-0.4, -0.2) is 15.2 Å². The molecule has 25 heavy (non-hydrogen) atoms. The SMILES string of the molecule is Cc1ccc(-c2csc3[nH]c(=O)c(-c4ccccc4)c(O)c23)c(O)c1. The van der Waals surface area contributed by atoms with Crippen LogP contribution in [0, 0.1) is 6.92 Å². The molecule has 0 aliphatic rings. The van der Waals surface area contributed by atoms with Crippen LogP contribution < -0.4 is 5.56 Å². The molecule has 2 heterocycles. The molecule has 0 unspecified atom stereocenters. The third-order valence-corrected chi connectivity index (χ3v) is 5.12. The van der Waals surface area contributed by atoms with E-state index in [1.165, 1.54) is 11.3 Å². The number of hydrogen-bond acceptors (Lipinski definition) is 4. The van der Waals surface area contributed by atoms with Crippen LogP contribution in [0.4, 0.5) is 0 Å². The summed E-state index contributed by atoms with van der Waals surface area (Å²) in [5, 5.41) is 23.5. The van der Waals surface area contributed by atoms with Crippen molar-refractivity contribution in [1.29, 1.82) is 0 Å². The average Bonchev–Trinajstić information content (AvgIpc) is 2.99. The van der Waals surface area contributed by atoms with Gasteiger partial charge in [-0.1, -0.05) is 42.5 Å². The van der Waals surface area contributed by atoms with Crippen LogP contribution in [0.1, 0.15) is 5.56 Å². The Labute approximate surface area is 147 Å². The van der Waals surface area contributed by atoms with Crippen LogP contribution >= 0.6 is 11.3 Å². The molecule has 0 spiro atoms. The van der Waals surface area contributed by atoms with Crippen molar-refractivity contribution in [2.75, 3.05) is 0 Å². The van der Waals surface area contributed by atoms with Gasteiger partial charge in [-0.3, -0.25) is 4.79 Å². The van der Waals surface area contributed by atoms with Crippen LogP contribution in [0.3, 0.4) is 0 Å². The van der Waals surface area contributed by atoms with Gasteiger partial charge in [0.25, 0.3) is 5.56 Å². The molecule has 2 aromatic carbocycles. The fourth-order valence-corrected chi connectivity index (χ4v) is 3.98. The summed E-state index contributed by atoms with van der Waals surface area (Å²) >= 11 is 1.33. The third-order valence-electron chi connectivity index (χ3n) is 4.22. The topological polar surface area (TPSA) is 73.3 Å². The number of phenols is 1. The second-order valence-corrected chi connectivity index (χ2v) is 6.80. The zero-order chi connectivity index (χ0) is 17.6. The van der Waals surface area contributed by atoms with Crippen molar-refractivity contribution in [2.45, 2.75) is 6.92 Å². The Morgan fingerprint density at radius 2 is 1.76 bits per heavy atom. The first-order valence-corrected chi connectivity index (χ1v) is 8.66. The smallest absolute Gasteiger partial charge is 0.260 e. The van der Waals surface area contributed by atoms with Gasteiger partial charge in [-0.15, -0.1) is 11.3 Å². The fourth-order valence-electron chi connectivity index (χ4n) is 3.02. The van der Waals surface area contributed by atoms with Gasteiger partial charge in [0, 0.05) is 16.5 Å². The molecule has 0 saturated carbocycles. The summed E-state index contributed by atoms with van der Waals surface area (Å²) < 4.78 is 0. The van der Waals surface area contributed by atoms with Gasteiger partial charge in [0.15, 0.2) is 0 Å². The maximum atomic E-state index is 12.5. The predicted molar refractivity (Wildman–Crippen MR) is 101 cm³/mol. The second kappa shape index (κ2) is 5.79. The molecular weight excluding hydrogens is 334 g/mol. The average molecular weight is 349 g/mol. The normalized spacial score (nSPS) is 11.1. The van der Waals surface area contributed by atoms with Crippen LogP contribution in [0.5, 0.6) is 11.5 Å². The van der Waals surface area contributed by atoms with Crippen molar-refractivity contribution in [1.82, 2.24) is 4.98 Å². The molecule has 0 bridgehead atoms. The number of aromatic hydroxyl groups is 2. The van der Waals surface area contributed by atoms with E-state index in [1.807, 2.05) is 42.6 Å². The molecule has 0 saturated heterocycles. The highest BCUT2D eigenvalue weighted by Gasteiger charge is 2.20. The van der Waals surface area contributed by atoms with E-state index in [1.54, 1.807) is 18.2 Å². The van der Waals surface area contributed by atoms with E-state index < -0.39 is 0 Å². The summed E-state index contributed by atoms with van der Waals surface area (Å²) in [4.78, 5) is 15.9. The van der Waals surface area contributed by atoms with Crippen molar-refractivity contribution in [3.8, 4) is 33.8 Å². The zero-order valence-electron chi connectivity index (χ0n) is 13.4. The minimum atomic E-state index is -0.335. The Bertz CT molecular complexity index is 1140. The van der Waals surface area contributed by atoms with Gasteiger partial charge in [0.05, 0.1) is 10.9 Å². The maximum absolute atomic E-state index is 12.5. The number of phenolic OH excluding ortho intramolecular Hbond substituents is 1. The number of aryl methyl sites for hydroxylation is 1. The van der Waals surface area contributed by atoms with Crippen LogP contribution in [0.15, 0.2) is 58.7 Å². The fraction of sp³-hybridized carbons (Fsp3) is 0.0500. The van der Waals surface area contributed by atoms with E-state index in [9.17, 15) is 15.0 Å². The van der Waals surface area contributed by atoms with Gasteiger partial charge in [-0.2, -0.15) is 0 Å². The highest BCUT2D eigenvalue weighted by Crippen LogP contribution is 2.43. The van der Waals surface area contributed by atoms with E-state index >= 15 is 0 Å². The number of aromatic nitrogens is 1. The number of benzene rings is 2. The second-order valence-electron chi connectivity index (χ2n) is 5.92. The molecule has 2 aromatic heterocycles. The number of rotatable bonds is 2. The number of H-pyrrole nitrogens is 1. The first kappa shape index (κ1) is 15.5. The lowest BCUT2D eigenvalue weighted by molar-refractivity contribution is 0.476. The predicted octanol–water partition coefficient (Wildman–Crippen LogP) is 4.64. The van der Waals surface area contributed by atoms with E-state index in [0.29, 0.717) is 26.9 Å². The number of hydrogen-bond donors (Lipinski definition) is 3. The lowest BCUT2D eigenvalue weighted by Gasteiger charge is -2.09. The number of thiophene rings is 1. The van der Waals surface area contributed by atoms with Gasteiger partial charge >= 0.3 is 0 Å². The van der Waals surface area contributed by atoms with Crippen LogP contribution in [-0.2, 0) is 0 Å². The molecular formula is C20H15NO3S. The van der Waals surface area contributed by atoms with E-state index in [2.05, 4.69) is 4.98 Å². The first-order chi connectivity index (χ1) is 12.1. The molecule has 0 aliphatic heterocycles. The van der Waals surface area contributed by atoms with Crippen molar-refractivity contribution in [3.05, 3.63) is 69.8 Å². The van der Waals surface area contributed by atoms with Gasteiger partial charge in [-0.05, 0) is 24.1 Å². The minimum absolute atomic E-state index is 0.0684. The molecule has 0 aliphatic carbocycles. The molecule has 0 radical (unpaired) electrons. The Morgan fingerprint density at radius 3 is 2.48 bits per heavy atom. The molecule has 3 N–H and O–H groups in total. The van der Waals surface area contributed by atoms with Crippen molar-refractivity contribution >= 4 is 21.6 Å². The molecule has 0 fully saturated rings. The van der Waals surface area contributed by atoms with Crippen molar-refractivity contribution in [3.63, 3.8) is 0 Å². The molecule has 0 amide bonds. The van der Waals surface area contributed by atoms with Gasteiger partial charge in [-0.25, -0.2) is 0 Å². The molecule has 4 nitrogen and oxygen atoms in total. The highest BCUT2D eigenvalue weighted by atomic mass is 32.1. The zero-order valence-corrected chi connectivity index (χ0v) is 14.2. The highest BCUT2D eigenvalue weighted by molar-refractivity contribution is 7.17. The largest absolute Gasteiger partial charge is 0.507 e. The molecule has 0 atom stereocenters. The van der Waals surface area contributed by atoms with Crippen molar-refractivity contribution < 1.29 is 10.2 Å². The molecule has 5 heteroatoms. The van der Waals surface area contributed by atoms with Crippen LogP contribution in [0.2, 0.25) is 0 Å². The van der Waals surface area contributed by atoms with E-state index in [4.69, 9.17) is 0 Å². The number of nitrogens with one attached hydrogen (secondary N) is 1. The Morgan fingerprint density at radius 1 is 1.00 bits per heavy atom. The standard InChI is InChI=1S/C20H15NO3S/c1-11-7-8-13(15(22)9-11)14-10-25-20-17(14)18(23)16(19(24)21-20)12-5-3-2-4-6-12/h2-10,22H,1H3,(H2,21,23,24). The molecule has 4 rings (SSSR count). The number of pyridine rings is 1. The van der Waals surface area contributed by atoms with Gasteiger partial charge in [0.2, 0.25) is 0 Å². The Hall–Kier alpha value is -3.05. The summed E-state index contributed by atoms with van der Waals surface area (Å²) in [6.45, 7) is 1.90. The molecule has 4 aromatic rings. The lowest BCUT2D eigenvalue weighted by atomic mass is 9.99. The Kier molecular flexibility index (Phi) is 3.58. The minimum Gasteiger partial charge on any atom is -0.507 e. The first-order valence-electron chi connectivity index (χ1n) is 7.78. The summed E-state index contributed by atoms with van der Waals surface area (Å²) in [5.41, 5.74) is 2.82. The summed E-state index contributed by atoms with van der Waals surface area (Å²) in [5.74, 6) is 0.0766. The van der Waals surface area contributed by atoms with Crippen molar-refractivity contribution in [2.24, 2.45) is 0 Å². The van der Waals surface area contributed by atoms with Crippen LogP contribution in [0.25, 0.3) is 32.5 Å². The summed E-state index contributed by atoms with van der Waals surface area (Å²) in [7, 11) is 0. The van der Waals surface area contributed by atoms with E-state index in [0.717, 1.165) is 5.56 Å². The Balaban J connectivity index is 2.05. The van der Waals surface area contributed by atoms with E-state index in [-0.39, 0.29) is 22.6 Å². The summed E-state index contributed by atoms with van der Waals surface area (Å²) in [6.07, 6.45) is 0. The quantitative estimate of drug-likeness (QED) is 0.493. The summed E-state index contributed by atoms with van der Waals surface area (Å²) in [6, 6.07) is 14.5. The third kappa shape index (κ3) is 2.49. The van der Waals surface area contributed by atoms with Gasteiger partial charge in [0.1, 0.15) is 16.3 Å².